The van der Waals surface area contributed by atoms with E-state index in [1.165, 1.54) is 0 Å². The van der Waals surface area contributed by atoms with Gasteiger partial charge in [0.1, 0.15) is 0 Å². The van der Waals surface area contributed by atoms with E-state index in [-0.39, 0.29) is 11.8 Å². The molecule has 0 spiro atoms. The lowest BCUT2D eigenvalue weighted by Gasteiger charge is -2.30. The fourth-order valence-electron chi connectivity index (χ4n) is 3.54. The fourth-order valence-corrected chi connectivity index (χ4v) is 4.46. The van der Waals surface area contributed by atoms with Gasteiger partial charge in [0.25, 0.3) is 0 Å². The number of aromatic nitrogens is 2. The molecule has 2 heterocycles. The lowest BCUT2D eigenvalue weighted by molar-refractivity contribution is -0.121. The number of hydrogen-bond acceptors (Lipinski definition) is 5. The Morgan fingerprint density at radius 3 is 2.80 bits per heavy atom. The molecule has 0 radical (unpaired) electrons. The Morgan fingerprint density at radius 1 is 1.23 bits per heavy atom. The fraction of sp³-hybridized carbons (Fsp3) is 0.286. The van der Waals surface area contributed by atoms with Crippen LogP contribution in [0.25, 0.3) is 11.4 Å². The van der Waals surface area contributed by atoms with E-state index in [0.717, 1.165) is 29.4 Å². The number of carbonyl (C=O) groups excluding carboxylic acids is 1. The molecule has 156 valence electrons. The van der Waals surface area contributed by atoms with Gasteiger partial charge in [-0.2, -0.15) is 4.98 Å². The first-order chi connectivity index (χ1) is 14.5. The van der Waals surface area contributed by atoms with Gasteiger partial charge in [0.15, 0.2) is 0 Å². The molecule has 2 aromatic carbocycles. The molecular weight excluding hydrogens is 491 g/mol. The average molecular weight is 510 g/mol. The van der Waals surface area contributed by atoms with Crippen molar-refractivity contribution in [3.8, 4) is 11.4 Å². The Balaban J connectivity index is 1.38. The van der Waals surface area contributed by atoms with Gasteiger partial charge in [0.05, 0.1) is 12.5 Å². The summed E-state index contributed by atoms with van der Waals surface area (Å²) >= 11 is 15.5. The highest BCUT2D eigenvalue weighted by atomic mass is 79.9. The van der Waals surface area contributed by atoms with Crippen molar-refractivity contribution in [2.24, 2.45) is 5.92 Å². The molecule has 1 N–H and O–H groups in total. The summed E-state index contributed by atoms with van der Waals surface area (Å²) in [5.74, 6) is 0.908. The van der Waals surface area contributed by atoms with Gasteiger partial charge in [0, 0.05) is 32.3 Å². The zero-order valence-corrected chi connectivity index (χ0v) is 19.0. The van der Waals surface area contributed by atoms with Gasteiger partial charge in [-0.3, -0.25) is 9.69 Å². The Morgan fingerprint density at radius 2 is 2.03 bits per heavy atom. The van der Waals surface area contributed by atoms with Gasteiger partial charge in [0.2, 0.25) is 17.6 Å². The molecule has 1 aliphatic heterocycles. The molecule has 6 nitrogen and oxygen atoms in total. The predicted octanol–water partition coefficient (Wildman–Crippen LogP) is 5.66. The Labute approximate surface area is 192 Å². The van der Waals surface area contributed by atoms with E-state index in [1.54, 1.807) is 18.2 Å². The zero-order valence-electron chi connectivity index (χ0n) is 15.9. The van der Waals surface area contributed by atoms with E-state index in [2.05, 4.69) is 36.3 Å². The molecule has 1 saturated heterocycles. The van der Waals surface area contributed by atoms with E-state index < -0.39 is 0 Å². The normalized spacial score (nSPS) is 17.1. The molecule has 1 aromatic heterocycles. The SMILES string of the molecule is O=C(Nc1cc(Cl)cc(Cl)c1)C1CCCN(Cc2nc(-c3cccc(Br)c3)no2)C1. The summed E-state index contributed by atoms with van der Waals surface area (Å²) in [6.45, 7) is 2.00. The second-order valence-electron chi connectivity index (χ2n) is 7.24. The average Bonchev–Trinajstić information content (AvgIpc) is 3.16. The molecule has 0 bridgehead atoms. The summed E-state index contributed by atoms with van der Waals surface area (Å²) in [6.07, 6.45) is 1.74. The number of halogens is 3. The number of rotatable bonds is 5. The maximum atomic E-state index is 12.7. The van der Waals surface area contributed by atoms with E-state index in [4.69, 9.17) is 27.7 Å². The van der Waals surface area contributed by atoms with Crippen molar-refractivity contribution < 1.29 is 9.32 Å². The van der Waals surface area contributed by atoms with Crippen LogP contribution in [0.3, 0.4) is 0 Å². The summed E-state index contributed by atoms with van der Waals surface area (Å²) in [5, 5.41) is 7.97. The lowest BCUT2D eigenvalue weighted by Crippen LogP contribution is -2.40. The summed E-state index contributed by atoms with van der Waals surface area (Å²) in [5.41, 5.74) is 1.49. The van der Waals surface area contributed by atoms with Crippen molar-refractivity contribution in [1.82, 2.24) is 15.0 Å². The minimum absolute atomic E-state index is 0.0432. The second kappa shape index (κ2) is 9.47. The molecule has 3 aromatic rings. The van der Waals surface area contributed by atoms with Gasteiger partial charge >= 0.3 is 0 Å². The summed E-state index contributed by atoms with van der Waals surface area (Å²) in [7, 11) is 0. The van der Waals surface area contributed by atoms with Crippen LogP contribution in [0.1, 0.15) is 18.7 Å². The first-order valence-corrected chi connectivity index (χ1v) is 11.1. The van der Waals surface area contributed by atoms with Crippen molar-refractivity contribution in [3.05, 3.63) is 62.9 Å². The van der Waals surface area contributed by atoms with Crippen LogP contribution in [0.15, 0.2) is 51.5 Å². The van der Waals surface area contributed by atoms with Crippen molar-refractivity contribution in [3.63, 3.8) is 0 Å². The van der Waals surface area contributed by atoms with Gasteiger partial charge < -0.3 is 9.84 Å². The van der Waals surface area contributed by atoms with Gasteiger partial charge in [-0.25, -0.2) is 0 Å². The van der Waals surface area contributed by atoms with Crippen molar-refractivity contribution in [2.75, 3.05) is 18.4 Å². The Kier molecular flexibility index (Phi) is 6.73. The van der Waals surface area contributed by atoms with Crippen LogP contribution in [0.5, 0.6) is 0 Å². The lowest BCUT2D eigenvalue weighted by atomic mass is 9.97. The van der Waals surface area contributed by atoms with Crippen molar-refractivity contribution >= 4 is 50.7 Å². The number of likely N-dealkylation sites (tertiary alicyclic amines) is 1. The largest absolute Gasteiger partial charge is 0.338 e. The zero-order chi connectivity index (χ0) is 21.1. The highest BCUT2D eigenvalue weighted by molar-refractivity contribution is 9.10. The monoisotopic (exact) mass is 508 g/mol. The number of nitrogens with zero attached hydrogens (tertiary/aromatic N) is 3. The van der Waals surface area contributed by atoms with Crippen LogP contribution < -0.4 is 5.32 Å². The summed E-state index contributed by atoms with van der Waals surface area (Å²) in [6, 6.07) is 12.8. The predicted molar refractivity (Wildman–Crippen MR) is 121 cm³/mol. The molecule has 0 saturated carbocycles. The third kappa shape index (κ3) is 5.40. The highest BCUT2D eigenvalue weighted by Crippen LogP contribution is 2.25. The van der Waals surface area contributed by atoms with Crippen LogP contribution in [-0.2, 0) is 11.3 Å². The smallest absolute Gasteiger partial charge is 0.241 e. The van der Waals surface area contributed by atoms with E-state index in [9.17, 15) is 4.79 Å². The van der Waals surface area contributed by atoms with E-state index >= 15 is 0 Å². The van der Waals surface area contributed by atoms with Crippen molar-refractivity contribution in [1.29, 1.82) is 0 Å². The molecule has 1 aliphatic rings. The van der Waals surface area contributed by atoms with Crippen LogP contribution in [0.2, 0.25) is 10.0 Å². The minimum Gasteiger partial charge on any atom is -0.338 e. The number of piperidine rings is 1. The second-order valence-corrected chi connectivity index (χ2v) is 9.03. The van der Waals surface area contributed by atoms with Crippen LogP contribution in [0, 0.1) is 5.92 Å². The van der Waals surface area contributed by atoms with Crippen molar-refractivity contribution in [2.45, 2.75) is 19.4 Å². The van der Waals surface area contributed by atoms with E-state index in [0.29, 0.717) is 40.5 Å². The maximum Gasteiger partial charge on any atom is 0.241 e. The molecule has 1 amide bonds. The maximum absolute atomic E-state index is 12.7. The quantitative estimate of drug-likeness (QED) is 0.480. The molecule has 1 atom stereocenters. The number of carbonyl (C=O) groups is 1. The van der Waals surface area contributed by atoms with Gasteiger partial charge in [-0.05, 0) is 49.7 Å². The molecule has 4 rings (SSSR count). The highest BCUT2D eigenvalue weighted by Gasteiger charge is 2.27. The first-order valence-electron chi connectivity index (χ1n) is 9.54. The number of anilines is 1. The van der Waals surface area contributed by atoms with Crippen LogP contribution in [0.4, 0.5) is 5.69 Å². The third-order valence-corrected chi connectivity index (χ3v) is 5.85. The Hall–Kier alpha value is -1.93. The van der Waals surface area contributed by atoms with E-state index in [1.807, 2.05) is 24.3 Å². The molecule has 9 heteroatoms. The van der Waals surface area contributed by atoms with Gasteiger partial charge in [-0.1, -0.05) is 56.4 Å². The standard InChI is InChI=1S/C21H19BrCl2N4O2/c22-15-5-1-3-13(7-15)20-26-19(30-27-20)12-28-6-2-4-14(11-28)21(29)25-18-9-16(23)8-17(24)10-18/h1,3,5,7-10,14H,2,4,6,11-12H2,(H,25,29). The summed E-state index contributed by atoms with van der Waals surface area (Å²) < 4.78 is 6.39. The molecule has 30 heavy (non-hydrogen) atoms. The molecule has 1 fully saturated rings. The number of nitrogens with one attached hydrogen (secondary N) is 1. The topological polar surface area (TPSA) is 71.3 Å². The molecule has 0 aliphatic carbocycles. The number of amides is 1. The van der Waals surface area contributed by atoms with Crippen LogP contribution in [-0.4, -0.2) is 34.0 Å². The minimum atomic E-state index is -0.135. The first kappa shape index (κ1) is 21.3. The number of hydrogen-bond donors (Lipinski definition) is 1. The molecular formula is C21H19BrCl2N4O2. The van der Waals surface area contributed by atoms with Gasteiger partial charge in [-0.15, -0.1) is 0 Å². The molecule has 1 unspecified atom stereocenters. The number of benzene rings is 2. The third-order valence-electron chi connectivity index (χ3n) is 4.92. The Bertz CT molecular complexity index is 1040. The summed E-state index contributed by atoms with van der Waals surface area (Å²) in [4.78, 5) is 19.4. The van der Waals surface area contributed by atoms with Crippen LogP contribution >= 0.6 is 39.1 Å².